The van der Waals surface area contributed by atoms with E-state index in [9.17, 15) is 19.5 Å². The van der Waals surface area contributed by atoms with E-state index in [0.717, 1.165) is 22.3 Å². The Balaban J connectivity index is 1.59. The molecule has 0 aromatic heterocycles. The lowest BCUT2D eigenvalue weighted by atomic mass is 9.98. The Kier molecular flexibility index (Phi) is 8.28. The first-order valence-corrected chi connectivity index (χ1v) is 11.4. The molecule has 0 radical (unpaired) electrons. The van der Waals surface area contributed by atoms with Gasteiger partial charge in [-0.15, -0.1) is 0 Å². The van der Waals surface area contributed by atoms with Gasteiger partial charge in [-0.05, 0) is 35.6 Å². The fourth-order valence-electron chi connectivity index (χ4n) is 4.34. The summed E-state index contributed by atoms with van der Waals surface area (Å²) in [6, 6.07) is 16.2. The predicted octanol–water partition coefficient (Wildman–Crippen LogP) is 3.55. The number of hydrogen-bond acceptors (Lipinski definition) is 5. The number of amides is 2. The molecule has 0 heterocycles. The molecule has 2 aromatic rings. The molecule has 0 aliphatic heterocycles. The normalized spacial score (nSPS) is 14.9. The summed E-state index contributed by atoms with van der Waals surface area (Å²) in [6.45, 7) is 3.35. The molecular weight excluding hydrogens is 436 g/mol. The van der Waals surface area contributed by atoms with Crippen LogP contribution in [0.5, 0.6) is 0 Å². The minimum Gasteiger partial charge on any atom is -0.479 e. The maximum absolute atomic E-state index is 12.8. The molecule has 3 N–H and O–H groups in total. The zero-order valence-corrected chi connectivity index (χ0v) is 19.8. The van der Waals surface area contributed by atoms with Gasteiger partial charge in [0, 0.05) is 19.6 Å². The van der Waals surface area contributed by atoms with Gasteiger partial charge in [0.05, 0.1) is 12.5 Å². The highest BCUT2D eigenvalue weighted by atomic mass is 16.5. The number of nitrogens with one attached hydrogen (secondary N) is 2. The molecule has 34 heavy (non-hydrogen) atoms. The van der Waals surface area contributed by atoms with Crippen molar-refractivity contribution in [3.05, 3.63) is 59.7 Å². The molecule has 0 bridgehead atoms. The number of carboxylic acid groups (broad SMARTS) is 1. The van der Waals surface area contributed by atoms with E-state index in [1.807, 2.05) is 43.3 Å². The topological polar surface area (TPSA) is 114 Å². The Hall–Kier alpha value is -3.39. The summed E-state index contributed by atoms with van der Waals surface area (Å²) in [7, 11) is 1.37. The molecular formula is C26H32N2O6. The van der Waals surface area contributed by atoms with Crippen molar-refractivity contribution in [2.45, 2.75) is 38.1 Å². The van der Waals surface area contributed by atoms with Crippen LogP contribution in [0.25, 0.3) is 11.1 Å². The van der Waals surface area contributed by atoms with Crippen LogP contribution in [0, 0.1) is 5.92 Å². The zero-order chi connectivity index (χ0) is 24.7. The summed E-state index contributed by atoms with van der Waals surface area (Å²) in [6.07, 6.45) is 0.560. The van der Waals surface area contributed by atoms with E-state index >= 15 is 0 Å². The third-order valence-corrected chi connectivity index (χ3v) is 6.15. The van der Waals surface area contributed by atoms with E-state index < -0.39 is 29.4 Å². The summed E-state index contributed by atoms with van der Waals surface area (Å²) >= 11 is 0. The second-order valence-electron chi connectivity index (χ2n) is 8.75. The third-order valence-electron chi connectivity index (χ3n) is 6.15. The van der Waals surface area contributed by atoms with Crippen molar-refractivity contribution in [2.75, 3.05) is 26.9 Å². The van der Waals surface area contributed by atoms with Gasteiger partial charge in [0.1, 0.15) is 6.61 Å². The maximum Gasteiger partial charge on any atom is 0.407 e. The molecule has 0 fully saturated rings. The molecule has 8 nitrogen and oxygen atoms in total. The monoisotopic (exact) mass is 468 g/mol. The maximum atomic E-state index is 12.8. The van der Waals surface area contributed by atoms with E-state index in [-0.39, 0.29) is 25.7 Å². The molecule has 1 aliphatic rings. The Morgan fingerprint density at radius 1 is 1.06 bits per heavy atom. The van der Waals surface area contributed by atoms with Crippen LogP contribution in [-0.4, -0.2) is 55.5 Å². The lowest BCUT2D eigenvalue weighted by molar-refractivity contribution is -0.150. The lowest BCUT2D eigenvalue weighted by Gasteiger charge is -2.28. The van der Waals surface area contributed by atoms with Gasteiger partial charge in [-0.1, -0.05) is 61.9 Å². The van der Waals surface area contributed by atoms with Crippen LogP contribution in [0.1, 0.15) is 43.7 Å². The summed E-state index contributed by atoms with van der Waals surface area (Å²) in [5.74, 6) is -2.30. The highest BCUT2D eigenvalue weighted by molar-refractivity contribution is 5.88. The minimum atomic E-state index is -1.55. The molecule has 1 aliphatic carbocycles. The Bertz CT molecular complexity index is 994. The SMILES string of the molecule is CCCC(CNC(=O)OCC1c2ccccc2-c2ccccc21)C(=O)NC(C)(COC)C(=O)O. The fraction of sp³-hybridized carbons (Fsp3) is 0.423. The number of ether oxygens (including phenoxy) is 2. The number of alkyl carbamates (subject to hydrolysis) is 1. The quantitative estimate of drug-likeness (QED) is 0.465. The van der Waals surface area contributed by atoms with Crippen molar-refractivity contribution in [1.82, 2.24) is 10.6 Å². The van der Waals surface area contributed by atoms with Crippen molar-refractivity contribution in [2.24, 2.45) is 5.92 Å². The summed E-state index contributed by atoms with van der Waals surface area (Å²) in [4.78, 5) is 36.8. The number of fused-ring (bicyclic) bond motifs is 3. The average molecular weight is 469 g/mol. The van der Waals surface area contributed by atoms with Crippen LogP contribution in [0.2, 0.25) is 0 Å². The molecule has 0 saturated heterocycles. The number of aliphatic carboxylic acids is 1. The molecule has 3 rings (SSSR count). The van der Waals surface area contributed by atoms with Gasteiger partial charge in [-0.3, -0.25) is 4.79 Å². The van der Waals surface area contributed by atoms with E-state index in [2.05, 4.69) is 22.8 Å². The number of carbonyl (C=O) groups excluding carboxylic acids is 2. The van der Waals surface area contributed by atoms with E-state index in [0.29, 0.717) is 12.8 Å². The van der Waals surface area contributed by atoms with Crippen LogP contribution in [0.15, 0.2) is 48.5 Å². The predicted molar refractivity (Wildman–Crippen MR) is 128 cm³/mol. The van der Waals surface area contributed by atoms with Gasteiger partial charge in [0.15, 0.2) is 5.54 Å². The Labute approximate surface area is 199 Å². The molecule has 182 valence electrons. The van der Waals surface area contributed by atoms with Crippen molar-refractivity contribution in [3.63, 3.8) is 0 Å². The first kappa shape index (κ1) is 25.2. The van der Waals surface area contributed by atoms with Gasteiger partial charge in [0.2, 0.25) is 5.91 Å². The zero-order valence-electron chi connectivity index (χ0n) is 19.8. The average Bonchev–Trinajstić information content (AvgIpc) is 3.14. The first-order chi connectivity index (χ1) is 16.3. The van der Waals surface area contributed by atoms with Crippen molar-refractivity contribution in [1.29, 1.82) is 0 Å². The lowest BCUT2D eigenvalue weighted by Crippen LogP contribution is -2.57. The molecule has 8 heteroatoms. The van der Waals surface area contributed by atoms with Gasteiger partial charge in [-0.25, -0.2) is 9.59 Å². The van der Waals surface area contributed by atoms with Crippen LogP contribution in [0.4, 0.5) is 4.79 Å². The van der Waals surface area contributed by atoms with Gasteiger partial charge in [0.25, 0.3) is 0 Å². The smallest absolute Gasteiger partial charge is 0.407 e. The van der Waals surface area contributed by atoms with Gasteiger partial charge >= 0.3 is 12.1 Å². The molecule has 2 amide bonds. The minimum absolute atomic E-state index is 0.0407. The number of benzene rings is 2. The second-order valence-corrected chi connectivity index (χ2v) is 8.75. The van der Waals surface area contributed by atoms with E-state index in [1.165, 1.54) is 14.0 Å². The standard InChI is InChI=1S/C26H32N2O6/c1-4-9-17(23(29)28-26(2,16-33-3)24(30)31)14-27-25(32)34-15-22-20-12-7-5-10-18(20)19-11-6-8-13-21(19)22/h5-8,10-13,17,22H,4,9,14-16H2,1-3H3,(H,27,32)(H,28,29)(H,30,31). The highest BCUT2D eigenvalue weighted by Gasteiger charge is 2.37. The molecule has 2 unspecified atom stereocenters. The van der Waals surface area contributed by atoms with Crippen LogP contribution < -0.4 is 10.6 Å². The number of carboxylic acids is 1. The Morgan fingerprint density at radius 2 is 1.65 bits per heavy atom. The highest BCUT2D eigenvalue weighted by Crippen LogP contribution is 2.44. The largest absolute Gasteiger partial charge is 0.479 e. The molecule has 2 atom stereocenters. The molecule has 0 spiro atoms. The van der Waals surface area contributed by atoms with Crippen LogP contribution in [-0.2, 0) is 19.1 Å². The van der Waals surface area contributed by atoms with Crippen molar-refractivity contribution >= 4 is 18.0 Å². The summed E-state index contributed by atoms with van der Waals surface area (Å²) in [5, 5.41) is 14.7. The van der Waals surface area contributed by atoms with Gasteiger partial charge in [-0.2, -0.15) is 0 Å². The fourth-order valence-corrected chi connectivity index (χ4v) is 4.34. The molecule has 2 aromatic carbocycles. The molecule has 0 saturated carbocycles. The third kappa shape index (κ3) is 5.56. The van der Waals surface area contributed by atoms with Crippen LogP contribution in [0.3, 0.4) is 0 Å². The number of carbonyl (C=O) groups is 3. The summed E-state index contributed by atoms with van der Waals surface area (Å²) < 4.78 is 10.5. The number of methoxy groups -OCH3 is 1. The van der Waals surface area contributed by atoms with Gasteiger partial charge < -0.3 is 25.2 Å². The Morgan fingerprint density at radius 3 is 2.18 bits per heavy atom. The van der Waals surface area contributed by atoms with Crippen LogP contribution >= 0.6 is 0 Å². The summed E-state index contributed by atoms with van der Waals surface area (Å²) in [5.41, 5.74) is 2.96. The number of hydrogen-bond donors (Lipinski definition) is 3. The van der Waals surface area contributed by atoms with Crippen molar-refractivity contribution in [3.8, 4) is 11.1 Å². The van der Waals surface area contributed by atoms with E-state index in [4.69, 9.17) is 9.47 Å². The second kappa shape index (κ2) is 11.2. The van der Waals surface area contributed by atoms with Crippen molar-refractivity contribution < 1.29 is 29.0 Å². The number of rotatable bonds is 11. The first-order valence-electron chi connectivity index (χ1n) is 11.4. The van der Waals surface area contributed by atoms with E-state index in [1.54, 1.807) is 0 Å².